The Kier molecular flexibility index (Phi) is 4.24. The lowest BCUT2D eigenvalue weighted by Crippen LogP contribution is -2.06. The van der Waals surface area contributed by atoms with E-state index in [4.69, 9.17) is 23.2 Å². The quantitative estimate of drug-likeness (QED) is 0.596. The van der Waals surface area contributed by atoms with Gasteiger partial charge < -0.3 is 5.32 Å². The van der Waals surface area contributed by atoms with Crippen molar-refractivity contribution in [3.8, 4) is 0 Å². The topological polar surface area (TPSA) is 24.4 Å². The fourth-order valence-electron chi connectivity index (χ4n) is 1.51. The van der Waals surface area contributed by atoms with Gasteiger partial charge in [-0.3, -0.25) is 0 Å². The monoisotopic (exact) mass is 278 g/mol. The van der Waals surface area contributed by atoms with E-state index in [1.165, 1.54) is 0 Å². The first kappa shape index (κ1) is 12.9. The molecule has 1 N–H and O–H groups in total. The molecule has 2 aromatic rings. The molecular weight excluding hydrogens is 267 g/mol. The van der Waals surface area contributed by atoms with Gasteiger partial charge in [-0.15, -0.1) is 0 Å². The molecule has 0 fully saturated rings. The summed E-state index contributed by atoms with van der Waals surface area (Å²) in [6, 6.07) is 15.0. The largest absolute Gasteiger partial charge is 0.343 e. The number of hydrogen-bond donors (Lipinski definition) is 1. The summed E-state index contributed by atoms with van der Waals surface area (Å²) in [5.74, 6) is 0.733. The number of rotatable bonds is 2. The van der Waals surface area contributed by atoms with E-state index in [9.17, 15) is 0 Å². The summed E-state index contributed by atoms with van der Waals surface area (Å²) < 4.78 is 0. The molecule has 0 spiro atoms. The fraction of sp³-hybridized carbons (Fsp3) is 0.0714. The molecule has 0 aliphatic heterocycles. The van der Waals surface area contributed by atoms with Crippen molar-refractivity contribution in [3.63, 3.8) is 0 Å². The molecular formula is C14H12Cl2N2. The number of amidine groups is 1. The second kappa shape index (κ2) is 5.89. The Morgan fingerprint density at radius 2 is 1.56 bits per heavy atom. The van der Waals surface area contributed by atoms with Gasteiger partial charge in [-0.1, -0.05) is 47.5 Å². The van der Waals surface area contributed by atoms with Gasteiger partial charge in [-0.05, 0) is 31.2 Å². The number of nitrogens with zero attached hydrogens (tertiary/aromatic N) is 1. The minimum atomic E-state index is 0.623. The van der Waals surface area contributed by atoms with Crippen LogP contribution in [0.5, 0.6) is 0 Å². The van der Waals surface area contributed by atoms with Crippen LogP contribution in [-0.2, 0) is 0 Å². The predicted molar refractivity (Wildman–Crippen MR) is 79.3 cm³/mol. The van der Waals surface area contributed by atoms with Gasteiger partial charge >= 0.3 is 0 Å². The molecule has 0 bridgehead atoms. The van der Waals surface area contributed by atoms with Crippen molar-refractivity contribution in [2.45, 2.75) is 6.92 Å². The van der Waals surface area contributed by atoms with Crippen molar-refractivity contribution >= 4 is 40.4 Å². The van der Waals surface area contributed by atoms with Crippen molar-refractivity contribution < 1.29 is 0 Å². The lowest BCUT2D eigenvalue weighted by atomic mass is 10.3. The van der Waals surface area contributed by atoms with Gasteiger partial charge in [0.1, 0.15) is 5.84 Å². The SMILES string of the molecule is CC(=Nc1ccccc1Cl)Nc1ccccc1Cl. The van der Waals surface area contributed by atoms with Crippen LogP contribution in [0.4, 0.5) is 11.4 Å². The maximum absolute atomic E-state index is 6.06. The third-order valence-corrected chi connectivity index (χ3v) is 2.98. The van der Waals surface area contributed by atoms with E-state index >= 15 is 0 Å². The summed E-state index contributed by atoms with van der Waals surface area (Å²) in [5, 5.41) is 4.43. The van der Waals surface area contributed by atoms with Gasteiger partial charge in [0.25, 0.3) is 0 Å². The van der Waals surface area contributed by atoms with Crippen LogP contribution < -0.4 is 5.32 Å². The fourth-order valence-corrected chi connectivity index (χ4v) is 1.87. The van der Waals surface area contributed by atoms with E-state index in [0.717, 1.165) is 17.2 Å². The first-order valence-electron chi connectivity index (χ1n) is 5.48. The first-order valence-corrected chi connectivity index (χ1v) is 6.24. The summed E-state index contributed by atoms with van der Waals surface area (Å²) in [4.78, 5) is 4.41. The lowest BCUT2D eigenvalue weighted by Gasteiger charge is -2.07. The molecule has 4 heteroatoms. The molecule has 0 unspecified atom stereocenters. The average molecular weight is 279 g/mol. The maximum atomic E-state index is 6.06. The summed E-state index contributed by atoms with van der Waals surface area (Å²) >= 11 is 12.1. The van der Waals surface area contributed by atoms with Crippen LogP contribution in [-0.4, -0.2) is 5.84 Å². The Balaban J connectivity index is 2.20. The van der Waals surface area contributed by atoms with Crippen LogP contribution in [0.3, 0.4) is 0 Å². The molecule has 18 heavy (non-hydrogen) atoms. The van der Waals surface area contributed by atoms with Gasteiger partial charge in [-0.25, -0.2) is 4.99 Å². The first-order chi connectivity index (χ1) is 8.66. The van der Waals surface area contributed by atoms with Gasteiger partial charge in [-0.2, -0.15) is 0 Å². The normalized spacial score (nSPS) is 11.4. The molecule has 0 saturated heterocycles. The van der Waals surface area contributed by atoms with E-state index in [1.54, 1.807) is 0 Å². The molecule has 0 aliphatic carbocycles. The standard InChI is InChI=1S/C14H12Cl2N2/c1-10(17-13-8-4-2-6-11(13)15)18-14-9-5-3-7-12(14)16/h2-9H,1H3,(H,17,18). The molecule has 0 aromatic heterocycles. The maximum Gasteiger partial charge on any atom is 0.104 e. The van der Waals surface area contributed by atoms with E-state index in [2.05, 4.69) is 10.3 Å². The number of anilines is 1. The summed E-state index contributed by atoms with van der Waals surface area (Å²) in [6.07, 6.45) is 0. The summed E-state index contributed by atoms with van der Waals surface area (Å²) in [6.45, 7) is 1.87. The zero-order valence-electron chi connectivity index (χ0n) is 9.82. The van der Waals surface area contributed by atoms with Crippen LogP contribution in [0.15, 0.2) is 53.5 Å². The van der Waals surface area contributed by atoms with Gasteiger partial charge in [0.05, 0.1) is 21.4 Å². The zero-order chi connectivity index (χ0) is 13.0. The highest BCUT2D eigenvalue weighted by Crippen LogP contribution is 2.25. The van der Waals surface area contributed by atoms with Crippen LogP contribution in [0, 0.1) is 0 Å². The number of halogens is 2. The van der Waals surface area contributed by atoms with E-state index in [-0.39, 0.29) is 0 Å². The summed E-state index contributed by atoms with van der Waals surface area (Å²) in [7, 11) is 0. The smallest absolute Gasteiger partial charge is 0.104 e. The van der Waals surface area contributed by atoms with Crippen molar-refractivity contribution in [3.05, 3.63) is 58.6 Å². The molecule has 0 amide bonds. The molecule has 0 heterocycles. The molecule has 0 atom stereocenters. The van der Waals surface area contributed by atoms with E-state index in [1.807, 2.05) is 55.5 Å². The molecule has 2 nitrogen and oxygen atoms in total. The highest BCUT2D eigenvalue weighted by molar-refractivity contribution is 6.34. The van der Waals surface area contributed by atoms with Crippen molar-refractivity contribution in [2.24, 2.45) is 4.99 Å². The third-order valence-electron chi connectivity index (χ3n) is 2.33. The third kappa shape index (κ3) is 3.25. The highest BCUT2D eigenvalue weighted by atomic mass is 35.5. The predicted octanol–water partition coefficient (Wildman–Crippen LogP) is 5.16. The Morgan fingerprint density at radius 1 is 0.944 bits per heavy atom. The zero-order valence-corrected chi connectivity index (χ0v) is 11.3. The van der Waals surface area contributed by atoms with Crippen LogP contribution in [0.25, 0.3) is 0 Å². The second-order valence-corrected chi connectivity index (χ2v) is 4.57. The molecule has 2 aromatic carbocycles. The van der Waals surface area contributed by atoms with Gasteiger partial charge in [0.15, 0.2) is 0 Å². The number of hydrogen-bond acceptors (Lipinski definition) is 1. The van der Waals surface area contributed by atoms with Crippen molar-refractivity contribution in [1.82, 2.24) is 0 Å². The van der Waals surface area contributed by atoms with Crippen molar-refractivity contribution in [2.75, 3.05) is 5.32 Å². The molecule has 92 valence electrons. The Morgan fingerprint density at radius 3 is 2.22 bits per heavy atom. The van der Waals surface area contributed by atoms with Crippen molar-refractivity contribution in [1.29, 1.82) is 0 Å². The minimum absolute atomic E-state index is 0.623. The number of aliphatic imine (C=N–C) groups is 1. The van der Waals surface area contributed by atoms with Gasteiger partial charge in [0, 0.05) is 0 Å². The lowest BCUT2D eigenvalue weighted by molar-refractivity contribution is 1.46. The van der Waals surface area contributed by atoms with Crippen LogP contribution in [0.2, 0.25) is 10.0 Å². The Hall–Kier alpha value is -1.51. The highest BCUT2D eigenvalue weighted by Gasteiger charge is 2.01. The Labute approximate surface area is 116 Å². The van der Waals surface area contributed by atoms with Gasteiger partial charge in [0.2, 0.25) is 0 Å². The Bertz CT molecular complexity index is 580. The molecule has 0 radical (unpaired) electrons. The summed E-state index contributed by atoms with van der Waals surface area (Å²) in [5.41, 5.74) is 1.56. The van der Waals surface area contributed by atoms with Crippen LogP contribution in [0.1, 0.15) is 6.92 Å². The molecule has 2 rings (SSSR count). The minimum Gasteiger partial charge on any atom is -0.343 e. The van der Waals surface area contributed by atoms with Crippen LogP contribution >= 0.6 is 23.2 Å². The number of nitrogens with one attached hydrogen (secondary N) is 1. The van der Waals surface area contributed by atoms with E-state index < -0.39 is 0 Å². The van der Waals surface area contributed by atoms with E-state index in [0.29, 0.717) is 10.0 Å². The number of para-hydroxylation sites is 2. The number of benzene rings is 2. The molecule has 0 aliphatic rings. The second-order valence-electron chi connectivity index (χ2n) is 3.75. The average Bonchev–Trinajstić information content (AvgIpc) is 2.35. The molecule has 0 saturated carbocycles.